The van der Waals surface area contributed by atoms with E-state index < -0.39 is 0 Å². The number of hydrogen-bond acceptors (Lipinski definition) is 5. The fraction of sp³-hybridized carbons (Fsp3) is 0.0556. The van der Waals surface area contributed by atoms with Gasteiger partial charge in [-0.15, -0.1) is 0 Å². The van der Waals surface area contributed by atoms with Gasteiger partial charge in [0.05, 0.1) is 12.3 Å². The number of rotatable bonds is 3. The van der Waals surface area contributed by atoms with E-state index in [0.29, 0.717) is 12.4 Å². The minimum Gasteiger partial charge on any atom is -0.368 e. The van der Waals surface area contributed by atoms with E-state index >= 15 is 0 Å². The van der Waals surface area contributed by atoms with Crippen LogP contribution in [-0.2, 0) is 6.54 Å². The van der Waals surface area contributed by atoms with E-state index in [1.165, 1.54) is 12.1 Å². The van der Waals surface area contributed by atoms with Gasteiger partial charge in [0, 0.05) is 23.0 Å². The van der Waals surface area contributed by atoms with Crippen LogP contribution >= 0.6 is 0 Å². The zero-order valence-electron chi connectivity index (χ0n) is 12.7. The zero-order valence-corrected chi connectivity index (χ0v) is 12.7. The number of aromatic nitrogens is 2. The molecule has 118 valence electrons. The summed E-state index contributed by atoms with van der Waals surface area (Å²) in [5.74, 6) is 0.588. The zero-order chi connectivity index (χ0) is 16.5. The van der Waals surface area contributed by atoms with Crippen molar-refractivity contribution in [3.8, 4) is 0 Å². The van der Waals surface area contributed by atoms with Crippen LogP contribution in [0, 0.1) is 5.82 Å². The monoisotopic (exact) mass is 319 g/mol. The van der Waals surface area contributed by atoms with Crippen LogP contribution in [0.4, 0.5) is 21.8 Å². The third-order valence-electron chi connectivity index (χ3n) is 3.84. The summed E-state index contributed by atoms with van der Waals surface area (Å²) in [7, 11) is 0. The van der Waals surface area contributed by atoms with Crippen molar-refractivity contribution in [3.05, 3.63) is 77.2 Å². The number of aliphatic imine (C=N–C) groups is 1. The molecule has 2 heterocycles. The van der Waals surface area contributed by atoms with Crippen molar-refractivity contribution in [2.45, 2.75) is 6.54 Å². The Balaban J connectivity index is 1.66. The molecule has 0 saturated heterocycles. The summed E-state index contributed by atoms with van der Waals surface area (Å²) < 4.78 is 13.1. The maximum atomic E-state index is 13.1. The van der Waals surface area contributed by atoms with Gasteiger partial charge in [0.2, 0.25) is 5.95 Å². The molecule has 0 spiro atoms. The summed E-state index contributed by atoms with van der Waals surface area (Å²) in [6, 6.07) is 14.1. The Morgan fingerprint density at radius 2 is 1.88 bits per heavy atom. The van der Waals surface area contributed by atoms with Gasteiger partial charge in [0.25, 0.3) is 0 Å². The van der Waals surface area contributed by atoms with E-state index in [-0.39, 0.29) is 11.8 Å². The number of anilines is 3. The van der Waals surface area contributed by atoms with E-state index in [2.05, 4.69) is 20.3 Å². The van der Waals surface area contributed by atoms with Crippen LogP contribution in [0.2, 0.25) is 0 Å². The molecule has 0 aliphatic carbocycles. The van der Waals surface area contributed by atoms with Crippen molar-refractivity contribution >= 4 is 23.2 Å². The lowest BCUT2D eigenvalue weighted by Crippen LogP contribution is -2.03. The molecule has 0 fully saturated rings. The smallest absolute Gasteiger partial charge is 0.221 e. The van der Waals surface area contributed by atoms with Crippen LogP contribution in [0.25, 0.3) is 0 Å². The average Bonchev–Trinajstić information content (AvgIpc) is 2.99. The van der Waals surface area contributed by atoms with Gasteiger partial charge in [0.15, 0.2) is 0 Å². The summed E-state index contributed by atoms with van der Waals surface area (Å²) in [6.45, 7) is 0.628. The summed E-state index contributed by atoms with van der Waals surface area (Å²) in [4.78, 5) is 12.6. The summed E-state index contributed by atoms with van der Waals surface area (Å²) in [6.07, 6.45) is 1.60. The van der Waals surface area contributed by atoms with E-state index in [1.807, 2.05) is 18.2 Å². The van der Waals surface area contributed by atoms with Crippen LogP contribution in [0.15, 0.2) is 59.7 Å². The highest BCUT2D eigenvalue weighted by molar-refractivity contribution is 6.15. The van der Waals surface area contributed by atoms with Crippen molar-refractivity contribution in [1.82, 2.24) is 9.97 Å². The summed E-state index contributed by atoms with van der Waals surface area (Å²) in [5.41, 5.74) is 10.4. The normalized spacial score (nSPS) is 12.6. The molecule has 3 N–H and O–H groups in total. The summed E-state index contributed by atoms with van der Waals surface area (Å²) in [5, 5.41) is 3.21. The largest absolute Gasteiger partial charge is 0.368 e. The van der Waals surface area contributed by atoms with E-state index in [1.54, 1.807) is 24.4 Å². The Labute approximate surface area is 138 Å². The maximum absolute atomic E-state index is 13.1. The predicted molar refractivity (Wildman–Crippen MR) is 91.9 cm³/mol. The number of fused-ring (bicyclic) bond motifs is 1. The van der Waals surface area contributed by atoms with Gasteiger partial charge in [-0.2, -0.15) is 4.98 Å². The lowest BCUT2D eigenvalue weighted by molar-refractivity contribution is 0.628. The molecule has 4 rings (SSSR count). The van der Waals surface area contributed by atoms with Gasteiger partial charge in [-0.1, -0.05) is 6.07 Å². The first kappa shape index (κ1) is 14.3. The Morgan fingerprint density at radius 1 is 1.04 bits per heavy atom. The van der Waals surface area contributed by atoms with Gasteiger partial charge in [-0.25, -0.2) is 9.37 Å². The first-order chi connectivity index (χ1) is 11.7. The molecule has 1 aliphatic heterocycles. The quantitative estimate of drug-likeness (QED) is 0.776. The molecule has 0 amide bonds. The standard InChI is InChI=1S/C18H14FN5/c19-13-4-1-11(2-5-13)17-15-9-14(6-3-12(15)10-22-17)23-16-7-8-21-18(20)24-16/h1-9H,10H2,(H3,20,21,23,24). The first-order valence-electron chi connectivity index (χ1n) is 7.48. The Morgan fingerprint density at radius 3 is 2.67 bits per heavy atom. The third kappa shape index (κ3) is 2.69. The highest BCUT2D eigenvalue weighted by Crippen LogP contribution is 2.27. The maximum Gasteiger partial charge on any atom is 0.221 e. The fourth-order valence-corrected chi connectivity index (χ4v) is 2.71. The van der Waals surface area contributed by atoms with Gasteiger partial charge in [-0.05, 0) is 48.0 Å². The van der Waals surface area contributed by atoms with E-state index in [0.717, 1.165) is 28.1 Å². The molecule has 1 aromatic heterocycles. The molecule has 0 bridgehead atoms. The molecule has 0 radical (unpaired) electrons. The van der Waals surface area contributed by atoms with Crippen LogP contribution in [0.1, 0.15) is 16.7 Å². The Hall–Kier alpha value is -3.28. The van der Waals surface area contributed by atoms with Gasteiger partial charge in [0.1, 0.15) is 11.6 Å². The van der Waals surface area contributed by atoms with E-state index in [9.17, 15) is 4.39 Å². The molecule has 0 atom stereocenters. The minimum atomic E-state index is -0.255. The van der Waals surface area contributed by atoms with Crippen molar-refractivity contribution in [2.24, 2.45) is 4.99 Å². The number of nitrogens with one attached hydrogen (secondary N) is 1. The second kappa shape index (κ2) is 5.73. The first-order valence-corrected chi connectivity index (χ1v) is 7.48. The number of nitrogen functional groups attached to an aromatic ring is 1. The topological polar surface area (TPSA) is 76.2 Å². The number of nitrogens with zero attached hydrogens (tertiary/aromatic N) is 3. The number of benzene rings is 2. The third-order valence-corrected chi connectivity index (χ3v) is 3.84. The van der Waals surface area contributed by atoms with Crippen LogP contribution in [0.5, 0.6) is 0 Å². The van der Waals surface area contributed by atoms with Gasteiger partial charge < -0.3 is 11.1 Å². The number of hydrogen-bond donors (Lipinski definition) is 2. The minimum absolute atomic E-state index is 0.217. The molecule has 24 heavy (non-hydrogen) atoms. The highest BCUT2D eigenvalue weighted by atomic mass is 19.1. The molecule has 3 aromatic rings. The van der Waals surface area contributed by atoms with Crippen molar-refractivity contribution in [2.75, 3.05) is 11.1 Å². The number of halogens is 1. The average molecular weight is 319 g/mol. The fourth-order valence-electron chi connectivity index (χ4n) is 2.71. The second-order valence-corrected chi connectivity index (χ2v) is 5.47. The second-order valence-electron chi connectivity index (χ2n) is 5.47. The Kier molecular flexibility index (Phi) is 3.42. The molecule has 0 unspecified atom stereocenters. The molecule has 5 nitrogen and oxygen atoms in total. The summed E-state index contributed by atoms with van der Waals surface area (Å²) >= 11 is 0. The van der Waals surface area contributed by atoms with Crippen LogP contribution in [0.3, 0.4) is 0 Å². The molecular formula is C18H14FN5. The molecule has 6 heteroatoms. The van der Waals surface area contributed by atoms with Gasteiger partial charge in [-0.3, -0.25) is 4.99 Å². The SMILES string of the molecule is Nc1nccc(Nc2ccc3c(c2)C(c2ccc(F)cc2)=NC3)n1. The molecule has 2 aromatic carbocycles. The molecule has 1 aliphatic rings. The van der Waals surface area contributed by atoms with Crippen molar-refractivity contribution in [3.63, 3.8) is 0 Å². The van der Waals surface area contributed by atoms with Crippen molar-refractivity contribution < 1.29 is 4.39 Å². The van der Waals surface area contributed by atoms with Gasteiger partial charge >= 0.3 is 0 Å². The predicted octanol–water partition coefficient (Wildman–Crippen LogP) is 3.29. The lowest BCUT2D eigenvalue weighted by atomic mass is 9.99. The van der Waals surface area contributed by atoms with Crippen molar-refractivity contribution in [1.29, 1.82) is 0 Å². The van der Waals surface area contributed by atoms with Crippen LogP contribution < -0.4 is 11.1 Å². The number of nitrogens with two attached hydrogens (primary N) is 1. The van der Waals surface area contributed by atoms with E-state index in [4.69, 9.17) is 5.73 Å². The Bertz CT molecular complexity index is 934. The lowest BCUT2D eigenvalue weighted by Gasteiger charge is -2.09. The molecule has 0 saturated carbocycles. The molecular weight excluding hydrogens is 305 g/mol. The van der Waals surface area contributed by atoms with Crippen LogP contribution in [-0.4, -0.2) is 15.7 Å². The highest BCUT2D eigenvalue weighted by Gasteiger charge is 2.18.